The smallest absolute Gasteiger partial charge is 0.334 e. The standard InChI is InChI=1S/C22H28N4O/c1-3-17-11-12-18(14-19(17)23-2)26-21-20(10-7-13-24-21)25(22(26)27)15-16-8-5-4-6-9-16/h7,10-14,16,23H,3-6,8-9,15H2,1-2H3. The number of pyridine rings is 1. The number of imidazole rings is 1. The molecule has 1 aromatic carbocycles. The number of fused-ring (bicyclic) bond motifs is 1. The fourth-order valence-corrected chi connectivity index (χ4v) is 4.37. The van der Waals surface area contributed by atoms with E-state index in [1.165, 1.54) is 37.7 Å². The van der Waals surface area contributed by atoms with Crippen molar-refractivity contribution >= 4 is 16.9 Å². The minimum atomic E-state index is 0.0144. The lowest BCUT2D eigenvalue weighted by atomic mass is 9.89. The Kier molecular flexibility index (Phi) is 5.01. The molecule has 0 saturated heterocycles. The Labute approximate surface area is 160 Å². The Morgan fingerprint density at radius 1 is 1.19 bits per heavy atom. The molecule has 142 valence electrons. The zero-order valence-electron chi connectivity index (χ0n) is 16.2. The molecular formula is C22H28N4O. The van der Waals surface area contributed by atoms with Gasteiger partial charge in [0.05, 0.1) is 11.2 Å². The number of benzene rings is 1. The summed E-state index contributed by atoms with van der Waals surface area (Å²) in [6.07, 6.45) is 9.03. The summed E-state index contributed by atoms with van der Waals surface area (Å²) < 4.78 is 3.70. The van der Waals surface area contributed by atoms with Gasteiger partial charge in [0.1, 0.15) is 0 Å². The van der Waals surface area contributed by atoms with Crippen molar-refractivity contribution in [1.29, 1.82) is 0 Å². The first-order valence-electron chi connectivity index (χ1n) is 10.1. The van der Waals surface area contributed by atoms with Gasteiger partial charge in [-0.25, -0.2) is 14.3 Å². The molecule has 2 heterocycles. The second-order valence-corrected chi connectivity index (χ2v) is 7.52. The molecule has 5 nitrogen and oxygen atoms in total. The highest BCUT2D eigenvalue weighted by molar-refractivity contribution is 5.74. The number of nitrogens with zero attached hydrogens (tertiary/aromatic N) is 3. The Bertz CT molecular complexity index is 995. The molecule has 0 bridgehead atoms. The first-order valence-corrected chi connectivity index (χ1v) is 10.1. The maximum Gasteiger partial charge on any atom is 0.334 e. The minimum absolute atomic E-state index is 0.0144. The van der Waals surface area contributed by atoms with Crippen molar-refractivity contribution in [3.63, 3.8) is 0 Å². The number of nitrogens with one attached hydrogen (secondary N) is 1. The third-order valence-corrected chi connectivity index (χ3v) is 5.86. The van der Waals surface area contributed by atoms with Crippen LogP contribution in [0.3, 0.4) is 0 Å². The normalized spacial score (nSPS) is 15.3. The van der Waals surface area contributed by atoms with Crippen molar-refractivity contribution in [2.45, 2.75) is 52.0 Å². The van der Waals surface area contributed by atoms with Gasteiger partial charge in [0.15, 0.2) is 5.65 Å². The Morgan fingerprint density at radius 3 is 2.74 bits per heavy atom. The predicted molar refractivity (Wildman–Crippen MR) is 111 cm³/mol. The fraction of sp³-hybridized carbons (Fsp3) is 0.455. The lowest BCUT2D eigenvalue weighted by Crippen LogP contribution is -2.27. The van der Waals surface area contributed by atoms with Crippen LogP contribution in [0.15, 0.2) is 41.3 Å². The van der Waals surface area contributed by atoms with E-state index < -0.39 is 0 Å². The fourth-order valence-electron chi connectivity index (χ4n) is 4.37. The monoisotopic (exact) mass is 364 g/mol. The summed E-state index contributed by atoms with van der Waals surface area (Å²) in [6, 6.07) is 10.1. The molecule has 1 fully saturated rings. The van der Waals surface area contributed by atoms with E-state index in [4.69, 9.17) is 0 Å². The zero-order valence-corrected chi connectivity index (χ0v) is 16.2. The van der Waals surface area contributed by atoms with E-state index >= 15 is 0 Å². The van der Waals surface area contributed by atoms with E-state index in [0.29, 0.717) is 5.92 Å². The third-order valence-electron chi connectivity index (χ3n) is 5.86. The third kappa shape index (κ3) is 3.27. The summed E-state index contributed by atoms with van der Waals surface area (Å²) in [7, 11) is 1.92. The molecule has 0 aliphatic heterocycles. The zero-order chi connectivity index (χ0) is 18.8. The van der Waals surface area contributed by atoms with E-state index in [-0.39, 0.29) is 5.69 Å². The van der Waals surface area contributed by atoms with Gasteiger partial charge in [-0.2, -0.15) is 0 Å². The SMILES string of the molecule is CCc1ccc(-n2c(=O)n(CC3CCCCC3)c3cccnc32)cc1NC. The lowest BCUT2D eigenvalue weighted by molar-refractivity contribution is 0.319. The van der Waals surface area contributed by atoms with Crippen LogP contribution in [-0.2, 0) is 13.0 Å². The molecule has 0 spiro atoms. The predicted octanol–water partition coefficient (Wildman–Crippen LogP) is 4.37. The molecule has 4 rings (SSSR count). The van der Waals surface area contributed by atoms with Gasteiger partial charge in [-0.3, -0.25) is 4.57 Å². The number of aryl methyl sites for hydroxylation is 1. The number of anilines is 1. The van der Waals surface area contributed by atoms with Crippen molar-refractivity contribution < 1.29 is 0 Å². The molecule has 1 saturated carbocycles. The van der Waals surface area contributed by atoms with Crippen molar-refractivity contribution in [2.24, 2.45) is 5.92 Å². The summed E-state index contributed by atoms with van der Waals surface area (Å²) in [5.74, 6) is 0.589. The van der Waals surface area contributed by atoms with Crippen LogP contribution in [0.1, 0.15) is 44.6 Å². The average Bonchev–Trinajstić information content (AvgIpc) is 3.00. The van der Waals surface area contributed by atoms with E-state index in [2.05, 4.69) is 29.4 Å². The van der Waals surface area contributed by atoms with Crippen LogP contribution in [0.5, 0.6) is 0 Å². The second-order valence-electron chi connectivity index (χ2n) is 7.52. The van der Waals surface area contributed by atoms with Crippen molar-refractivity contribution in [1.82, 2.24) is 14.1 Å². The van der Waals surface area contributed by atoms with Gasteiger partial charge in [-0.05, 0) is 55.0 Å². The molecule has 0 unspecified atom stereocenters. The first-order chi connectivity index (χ1) is 13.2. The summed E-state index contributed by atoms with van der Waals surface area (Å²) in [5.41, 5.74) is 4.86. The largest absolute Gasteiger partial charge is 0.388 e. The second kappa shape index (κ2) is 7.59. The van der Waals surface area contributed by atoms with Gasteiger partial charge in [0.2, 0.25) is 0 Å². The first kappa shape index (κ1) is 17.8. The molecule has 0 radical (unpaired) electrons. The van der Waals surface area contributed by atoms with Crippen molar-refractivity contribution in [2.75, 3.05) is 12.4 Å². The molecule has 1 N–H and O–H groups in total. The average molecular weight is 364 g/mol. The summed E-state index contributed by atoms with van der Waals surface area (Å²) in [5, 5.41) is 3.25. The molecular weight excluding hydrogens is 336 g/mol. The van der Waals surface area contributed by atoms with E-state index in [9.17, 15) is 4.79 Å². The molecule has 0 amide bonds. The number of hydrogen-bond donors (Lipinski definition) is 1. The summed E-state index contributed by atoms with van der Waals surface area (Å²) in [4.78, 5) is 17.9. The maximum atomic E-state index is 13.4. The Balaban J connectivity index is 1.84. The van der Waals surface area contributed by atoms with E-state index in [0.717, 1.165) is 35.5 Å². The number of hydrogen-bond acceptors (Lipinski definition) is 3. The minimum Gasteiger partial charge on any atom is -0.388 e. The highest BCUT2D eigenvalue weighted by Crippen LogP contribution is 2.27. The van der Waals surface area contributed by atoms with Gasteiger partial charge in [0, 0.05) is 25.5 Å². The topological polar surface area (TPSA) is 51.9 Å². The van der Waals surface area contributed by atoms with Gasteiger partial charge >= 0.3 is 5.69 Å². The quantitative estimate of drug-likeness (QED) is 0.731. The summed E-state index contributed by atoms with van der Waals surface area (Å²) >= 11 is 0. The van der Waals surface area contributed by atoms with Gasteiger partial charge in [-0.15, -0.1) is 0 Å². The highest BCUT2D eigenvalue weighted by atomic mass is 16.1. The molecule has 1 aliphatic rings. The van der Waals surface area contributed by atoms with Gasteiger partial charge in [-0.1, -0.05) is 32.3 Å². The van der Waals surface area contributed by atoms with Crippen LogP contribution in [0, 0.1) is 5.92 Å². The summed E-state index contributed by atoms with van der Waals surface area (Å²) in [6.45, 7) is 2.93. The molecule has 2 aromatic heterocycles. The molecule has 1 aliphatic carbocycles. The van der Waals surface area contributed by atoms with Crippen LogP contribution in [0.25, 0.3) is 16.9 Å². The van der Waals surface area contributed by atoms with Crippen molar-refractivity contribution in [3.05, 3.63) is 52.6 Å². The molecule has 3 aromatic rings. The van der Waals surface area contributed by atoms with Gasteiger partial charge < -0.3 is 5.32 Å². The van der Waals surface area contributed by atoms with E-state index in [1.807, 2.05) is 29.8 Å². The number of rotatable bonds is 5. The van der Waals surface area contributed by atoms with E-state index in [1.54, 1.807) is 10.8 Å². The maximum absolute atomic E-state index is 13.4. The van der Waals surface area contributed by atoms with Crippen LogP contribution < -0.4 is 11.0 Å². The molecule has 0 atom stereocenters. The van der Waals surface area contributed by atoms with Crippen LogP contribution >= 0.6 is 0 Å². The van der Waals surface area contributed by atoms with Crippen LogP contribution in [0.4, 0.5) is 5.69 Å². The van der Waals surface area contributed by atoms with Crippen LogP contribution in [-0.4, -0.2) is 21.2 Å². The van der Waals surface area contributed by atoms with Gasteiger partial charge in [0.25, 0.3) is 0 Å². The van der Waals surface area contributed by atoms with Crippen LogP contribution in [0.2, 0.25) is 0 Å². The highest BCUT2D eigenvalue weighted by Gasteiger charge is 2.20. The van der Waals surface area contributed by atoms with Crippen molar-refractivity contribution in [3.8, 4) is 5.69 Å². The Hall–Kier alpha value is -2.56. The lowest BCUT2D eigenvalue weighted by Gasteiger charge is -2.21. The Morgan fingerprint density at radius 2 is 2.00 bits per heavy atom. The molecule has 5 heteroatoms. The number of aromatic nitrogens is 3. The molecule has 27 heavy (non-hydrogen) atoms.